The number of ether oxygens (including phenoxy) is 2. The second-order valence-corrected chi connectivity index (χ2v) is 15.7. The minimum atomic E-state index is -1.15. The van der Waals surface area contributed by atoms with Gasteiger partial charge in [0.25, 0.3) is 5.91 Å². The third kappa shape index (κ3) is 12.7. The van der Waals surface area contributed by atoms with E-state index in [1.807, 2.05) is 65.1 Å². The number of hydrogen-bond acceptors (Lipinski definition) is 11. The first-order valence-electron chi connectivity index (χ1n) is 18.9. The lowest BCUT2D eigenvalue weighted by molar-refractivity contribution is -0.153. The van der Waals surface area contributed by atoms with Gasteiger partial charge in [-0.15, -0.1) is 11.3 Å². The van der Waals surface area contributed by atoms with Crippen molar-refractivity contribution in [2.45, 2.75) is 110 Å². The van der Waals surface area contributed by atoms with E-state index in [1.54, 1.807) is 12.3 Å². The van der Waals surface area contributed by atoms with Gasteiger partial charge in [0.15, 0.2) is 5.78 Å². The third-order valence-corrected chi connectivity index (χ3v) is 11.5. The van der Waals surface area contributed by atoms with Gasteiger partial charge in [-0.3, -0.25) is 28.9 Å². The molecule has 1 saturated heterocycles. The number of ketones is 1. The van der Waals surface area contributed by atoms with Crippen LogP contribution >= 0.6 is 11.3 Å². The Kier molecular flexibility index (Phi) is 17.5. The Morgan fingerprint density at radius 2 is 1.74 bits per heavy atom. The van der Waals surface area contributed by atoms with E-state index in [1.165, 1.54) is 19.1 Å². The number of benzene rings is 1. The van der Waals surface area contributed by atoms with Gasteiger partial charge in [-0.25, -0.2) is 4.98 Å². The summed E-state index contributed by atoms with van der Waals surface area (Å²) < 4.78 is 9.91. The molecule has 53 heavy (non-hydrogen) atoms. The molecule has 12 nitrogen and oxygen atoms in total. The zero-order valence-corrected chi connectivity index (χ0v) is 33.5. The SMILES string of the molecule is CC[C@H](C)[C@H](CC(=O)[C@H]1CCCCN1C)C(=O)N(CC(=O)OC)[C@H](C[C@@H](O)c1nc(C(=O)N[C@@H](Cc2ccccc2)C[C@H](C)C(=O)OC)cs1)C(C)C. The maximum Gasteiger partial charge on any atom is 0.325 e. The van der Waals surface area contributed by atoms with E-state index in [4.69, 9.17) is 9.47 Å². The van der Waals surface area contributed by atoms with Crippen LogP contribution in [0.1, 0.15) is 107 Å². The Hall–Kier alpha value is -3.68. The summed E-state index contributed by atoms with van der Waals surface area (Å²) in [5.41, 5.74) is 1.12. The van der Waals surface area contributed by atoms with Crippen molar-refractivity contribution in [1.29, 1.82) is 0 Å². The van der Waals surface area contributed by atoms with Crippen LogP contribution in [-0.4, -0.2) is 102 Å². The van der Waals surface area contributed by atoms with Crippen LogP contribution in [0.15, 0.2) is 35.7 Å². The molecular formula is C40H60N4O8S. The van der Waals surface area contributed by atoms with Gasteiger partial charge >= 0.3 is 11.9 Å². The number of amides is 2. The van der Waals surface area contributed by atoms with E-state index < -0.39 is 35.9 Å². The van der Waals surface area contributed by atoms with Crippen LogP contribution in [0.2, 0.25) is 0 Å². The minimum absolute atomic E-state index is 0.0318. The van der Waals surface area contributed by atoms with Gasteiger partial charge in [0.2, 0.25) is 5.91 Å². The molecule has 1 fully saturated rings. The molecule has 2 heterocycles. The average Bonchev–Trinajstić information content (AvgIpc) is 3.65. The normalized spacial score (nSPS) is 18.3. The molecular weight excluding hydrogens is 697 g/mol. The summed E-state index contributed by atoms with van der Waals surface area (Å²) >= 11 is 1.13. The molecule has 13 heteroatoms. The van der Waals surface area contributed by atoms with Crippen molar-refractivity contribution in [3.63, 3.8) is 0 Å². The van der Waals surface area contributed by atoms with Crippen molar-refractivity contribution < 1.29 is 38.6 Å². The number of methoxy groups -OCH3 is 2. The molecule has 7 atom stereocenters. The Morgan fingerprint density at radius 3 is 2.34 bits per heavy atom. The number of aliphatic hydroxyl groups excluding tert-OH is 1. The van der Waals surface area contributed by atoms with Crippen LogP contribution < -0.4 is 5.32 Å². The highest BCUT2D eigenvalue weighted by Crippen LogP contribution is 2.32. The summed E-state index contributed by atoms with van der Waals surface area (Å²) in [7, 11) is 4.55. The molecule has 1 aromatic carbocycles. The van der Waals surface area contributed by atoms with E-state index >= 15 is 0 Å². The molecule has 1 aromatic heterocycles. The van der Waals surface area contributed by atoms with Crippen molar-refractivity contribution in [2.75, 3.05) is 34.4 Å². The van der Waals surface area contributed by atoms with Crippen molar-refractivity contribution in [3.05, 3.63) is 52.0 Å². The zero-order chi connectivity index (χ0) is 39.2. The molecule has 294 valence electrons. The predicted molar refractivity (Wildman–Crippen MR) is 204 cm³/mol. The van der Waals surface area contributed by atoms with Gasteiger partial charge in [0, 0.05) is 36.2 Å². The first-order chi connectivity index (χ1) is 25.2. The van der Waals surface area contributed by atoms with Crippen LogP contribution in [-0.2, 0) is 35.1 Å². The van der Waals surface area contributed by atoms with Gasteiger partial charge in [-0.1, -0.05) is 77.8 Å². The molecule has 2 amide bonds. The number of rotatable bonds is 20. The van der Waals surface area contributed by atoms with Gasteiger partial charge < -0.3 is 24.8 Å². The summed E-state index contributed by atoms with van der Waals surface area (Å²) in [6, 6.07) is 8.42. The molecule has 0 unspecified atom stereocenters. The van der Waals surface area contributed by atoms with Crippen LogP contribution in [0.4, 0.5) is 0 Å². The third-order valence-electron chi connectivity index (χ3n) is 10.6. The maximum atomic E-state index is 14.5. The topological polar surface area (TPSA) is 155 Å². The van der Waals surface area contributed by atoms with E-state index in [-0.39, 0.29) is 66.7 Å². The Morgan fingerprint density at radius 1 is 1.04 bits per heavy atom. The van der Waals surface area contributed by atoms with Crippen LogP contribution in [0.25, 0.3) is 0 Å². The molecule has 0 bridgehead atoms. The van der Waals surface area contributed by atoms with Gasteiger partial charge in [0.05, 0.1) is 26.2 Å². The number of likely N-dealkylation sites (tertiary alicyclic amines) is 1. The second kappa shape index (κ2) is 21.3. The summed E-state index contributed by atoms with van der Waals surface area (Å²) in [5.74, 6) is -3.09. The Labute approximate surface area is 319 Å². The fourth-order valence-corrected chi connectivity index (χ4v) is 7.93. The van der Waals surface area contributed by atoms with Crippen LogP contribution in [0, 0.1) is 23.7 Å². The number of thiazole rings is 1. The van der Waals surface area contributed by atoms with Crippen molar-refractivity contribution in [2.24, 2.45) is 23.7 Å². The number of piperidine rings is 1. The van der Waals surface area contributed by atoms with Crippen LogP contribution in [0.3, 0.4) is 0 Å². The maximum absolute atomic E-state index is 14.5. The van der Waals surface area contributed by atoms with Gasteiger partial charge in [-0.2, -0.15) is 0 Å². The number of esters is 2. The summed E-state index contributed by atoms with van der Waals surface area (Å²) in [6.07, 6.45) is 3.25. The van der Waals surface area contributed by atoms with E-state index in [0.717, 1.165) is 42.7 Å². The minimum Gasteiger partial charge on any atom is -0.469 e. The fraction of sp³-hybridized carbons (Fsp3) is 0.650. The quantitative estimate of drug-likeness (QED) is 0.172. The summed E-state index contributed by atoms with van der Waals surface area (Å²) in [5, 5.41) is 16.4. The van der Waals surface area contributed by atoms with Crippen molar-refractivity contribution in [1.82, 2.24) is 20.1 Å². The van der Waals surface area contributed by atoms with Crippen LogP contribution in [0.5, 0.6) is 0 Å². The standard InChI is InChI=1S/C40H60N4O8S/c1-9-26(4)30(21-34(45)32-17-13-14-18-43(32)6)39(49)44(23-36(47)51-7)33(25(2)3)22-35(46)38-42-31(24-53-38)37(48)41-29(19-27(5)40(50)52-8)20-28-15-11-10-12-16-28/h10-12,15-16,24-27,29-30,32-33,35,46H,9,13-14,17-23H2,1-8H3,(H,41,48)/t26-,27-,29+,30-,32+,33+,35+/m0/s1. The molecule has 3 rings (SSSR count). The first-order valence-corrected chi connectivity index (χ1v) is 19.7. The molecule has 0 aliphatic carbocycles. The predicted octanol–water partition coefficient (Wildman–Crippen LogP) is 5.24. The summed E-state index contributed by atoms with van der Waals surface area (Å²) in [4.78, 5) is 74.6. The van der Waals surface area contributed by atoms with E-state index in [0.29, 0.717) is 24.3 Å². The second-order valence-electron chi connectivity index (χ2n) is 14.9. The number of aliphatic hydroxyl groups is 1. The average molecular weight is 757 g/mol. The molecule has 2 N–H and O–H groups in total. The highest BCUT2D eigenvalue weighted by molar-refractivity contribution is 7.09. The summed E-state index contributed by atoms with van der Waals surface area (Å²) in [6.45, 7) is 10.0. The lowest BCUT2D eigenvalue weighted by Gasteiger charge is -2.39. The molecule has 0 saturated carbocycles. The lowest BCUT2D eigenvalue weighted by atomic mass is 9.82. The molecule has 1 aliphatic heterocycles. The molecule has 1 aliphatic rings. The molecule has 0 radical (unpaired) electrons. The number of carbonyl (C=O) groups is 5. The van der Waals surface area contributed by atoms with Gasteiger partial charge in [0.1, 0.15) is 23.4 Å². The number of hydrogen-bond donors (Lipinski definition) is 2. The van der Waals surface area contributed by atoms with E-state index in [2.05, 4.69) is 15.2 Å². The largest absolute Gasteiger partial charge is 0.469 e. The number of aromatic nitrogens is 1. The monoisotopic (exact) mass is 756 g/mol. The number of nitrogens with zero attached hydrogens (tertiary/aromatic N) is 3. The molecule has 2 aromatic rings. The number of Topliss-reactive ketones (excluding diaryl/α,β-unsaturated/α-hetero) is 1. The molecule has 0 spiro atoms. The van der Waals surface area contributed by atoms with E-state index in [9.17, 15) is 29.1 Å². The Balaban J connectivity index is 1.82. The first kappa shape index (κ1) is 43.7. The Bertz CT molecular complexity index is 1500. The fourth-order valence-electron chi connectivity index (χ4n) is 7.14. The number of nitrogens with one attached hydrogen (secondary N) is 1. The number of carbonyl (C=O) groups excluding carboxylic acids is 5. The highest BCUT2D eigenvalue weighted by Gasteiger charge is 2.39. The van der Waals surface area contributed by atoms with Crippen molar-refractivity contribution >= 4 is 40.9 Å². The lowest BCUT2D eigenvalue weighted by Crippen LogP contribution is -2.51. The number of likely N-dealkylation sites (N-methyl/N-ethyl adjacent to an activating group) is 1. The van der Waals surface area contributed by atoms with Gasteiger partial charge in [-0.05, 0) is 56.7 Å². The zero-order valence-electron chi connectivity index (χ0n) is 32.7. The highest BCUT2D eigenvalue weighted by atomic mass is 32.1. The smallest absolute Gasteiger partial charge is 0.325 e. The van der Waals surface area contributed by atoms with Crippen molar-refractivity contribution in [3.8, 4) is 0 Å².